The first-order valence-electron chi connectivity index (χ1n) is 11.3. The van der Waals surface area contributed by atoms with Gasteiger partial charge in [0.05, 0.1) is 16.4 Å². The number of carbonyl (C=O) groups excluding carboxylic acids is 2. The van der Waals surface area contributed by atoms with Gasteiger partial charge in [0, 0.05) is 18.5 Å². The summed E-state index contributed by atoms with van der Waals surface area (Å²) in [5, 5.41) is 5.43. The van der Waals surface area contributed by atoms with Crippen molar-refractivity contribution in [3.05, 3.63) is 29.8 Å². The number of amides is 2. The quantitative estimate of drug-likeness (QED) is 0.486. The zero-order valence-electron chi connectivity index (χ0n) is 19.0. The number of carbonyl (C=O) groups is 2. The number of benzene rings is 1. The fourth-order valence-electron chi connectivity index (χ4n) is 4.29. The highest BCUT2D eigenvalue weighted by Crippen LogP contribution is 2.29. The van der Waals surface area contributed by atoms with E-state index in [0.717, 1.165) is 18.4 Å². The van der Waals surface area contributed by atoms with Crippen LogP contribution in [0.4, 0.5) is 0 Å². The van der Waals surface area contributed by atoms with E-state index in [9.17, 15) is 26.4 Å². The van der Waals surface area contributed by atoms with E-state index >= 15 is 0 Å². The highest BCUT2D eigenvalue weighted by atomic mass is 32.2. The number of nitrogens with one attached hydrogen (secondary N) is 3. The molecule has 0 spiro atoms. The van der Waals surface area contributed by atoms with E-state index in [4.69, 9.17) is 0 Å². The van der Waals surface area contributed by atoms with Crippen molar-refractivity contribution in [2.24, 2.45) is 11.8 Å². The van der Waals surface area contributed by atoms with E-state index in [-0.39, 0.29) is 40.1 Å². The first-order valence-corrected chi connectivity index (χ1v) is 14.6. The Morgan fingerprint density at radius 1 is 1.06 bits per heavy atom. The maximum Gasteiger partial charge on any atom is 0.242 e. The second-order valence-electron chi connectivity index (χ2n) is 9.22. The van der Waals surface area contributed by atoms with Crippen LogP contribution in [0.5, 0.6) is 0 Å². The van der Waals surface area contributed by atoms with Crippen LogP contribution in [0.15, 0.2) is 29.2 Å². The molecule has 2 aliphatic rings. The Hall–Kier alpha value is -1.98. The van der Waals surface area contributed by atoms with E-state index < -0.39 is 31.9 Å². The molecule has 1 saturated heterocycles. The Balaban J connectivity index is 1.40. The van der Waals surface area contributed by atoms with E-state index in [1.165, 1.54) is 0 Å². The van der Waals surface area contributed by atoms with Gasteiger partial charge >= 0.3 is 0 Å². The van der Waals surface area contributed by atoms with Gasteiger partial charge in [-0.3, -0.25) is 9.59 Å². The summed E-state index contributed by atoms with van der Waals surface area (Å²) in [4.78, 5) is 25.1. The van der Waals surface area contributed by atoms with Gasteiger partial charge in [-0.05, 0) is 64.0 Å². The molecule has 11 heteroatoms. The molecule has 0 radical (unpaired) electrons. The normalized spacial score (nSPS) is 25.8. The van der Waals surface area contributed by atoms with Crippen LogP contribution in [-0.2, 0) is 29.4 Å². The van der Waals surface area contributed by atoms with Gasteiger partial charge < -0.3 is 10.6 Å². The molecule has 3 N–H and O–H groups in total. The highest BCUT2D eigenvalue weighted by Gasteiger charge is 2.32. The van der Waals surface area contributed by atoms with Crippen LogP contribution in [0.25, 0.3) is 0 Å². The van der Waals surface area contributed by atoms with E-state index in [1.807, 2.05) is 6.92 Å². The first-order chi connectivity index (χ1) is 15.4. The number of hydrogen-bond donors (Lipinski definition) is 3. The third kappa shape index (κ3) is 7.25. The number of aryl methyl sites for hydroxylation is 1. The van der Waals surface area contributed by atoms with Crippen molar-refractivity contribution in [1.29, 1.82) is 0 Å². The molecule has 1 aliphatic carbocycles. The third-order valence-electron chi connectivity index (χ3n) is 6.44. The minimum atomic E-state index is -3.56. The molecule has 2 amide bonds. The summed E-state index contributed by atoms with van der Waals surface area (Å²) >= 11 is 0. The van der Waals surface area contributed by atoms with Gasteiger partial charge in [-0.25, -0.2) is 21.6 Å². The van der Waals surface area contributed by atoms with E-state index in [2.05, 4.69) is 15.4 Å². The fraction of sp³-hybridized carbons (Fsp3) is 0.636. The van der Waals surface area contributed by atoms with Gasteiger partial charge in [0.1, 0.15) is 6.04 Å². The Bertz CT molecular complexity index is 1060. The molecule has 33 heavy (non-hydrogen) atoms. The Kier molecular flexibility index (Phi) is 8.17. The van der Waals surface area contributed by atoms with Crippen LogP contribution in [0, 0.1) is 18.8 Å². The summed E-state index contributed by atoms with van der Waals surface area (Å²) in [5.74, 6) is -0.642. The standard InChI is InChI=1S/C22H33N3O6S2/c1-15-3-9-20(10-4-15)33(30,31)23-13-17-5-7-18(8-6-17)22(27)24-16(2)21(26)25-19-11-12-32(28,29)14-19/h3-4,9-10,16-19,23H,5-8,11-14H2,1-2H3,(H,24,27)(H,25,26)/t16-,17?,18?,19?/m0/s1. The smallest absolute Gasteiger partial charge is 0.242 e. The molecule has 1 heterocycles. The summed E-state index contributed by atoms with van der Waals surface area (Å²) < 4.78 is 50.6. The molecular weight excluding hydrogens is 466 g/mol. The van der Waals surface area contributed by atoms with Gasteiger partial charge in [0.15, 0.2) is 9.84 Å². The number of sulfone groups is 1. The van der Waals surface area contributed by atoms with Crippen molar-refractivity contribution >= 4 is 31.7 Å². The third-order valence-corrected chi connectivity index (χ3v) is 9.65. The second-order valence-corrected chi connectivity index (χ2v) is 13.2. The van der Waals surface area contributed by atoms with Gasteiger partial charge in [0.25, 0.3) is 0 Å². The predicted molar refractivity (Wildman–Crippen MR) is 125 cm³/mol. The van der Waals surface area contributed by atoms with Gasteiger partial charge in [-0.15, -0.1) is 0 Å². The Labute approximate surface area is 196 Å². The summed E-state index contributed by atoms with van der Waals surface area (Å²) in [6.45, 7) is 3.81. The van der Waals surface area contributed by atoms with Crippen LogP contribution in [0.2, 0.25) is 0 Å². The SMILES string of the molecule is Cc1ccc(S(=O)(=O)NCC2CCC(C(=O)N[C@@H](C)C(=O)NC3CCS(=O)(=O)C3)CC2)cc1. The Morgan fingerprint density at radius 2 is 1.70 bits per heavy atom. The van der Waals surface area contributed by atoms with Crippen LogP contribution in [0.1, 0.15) is 44.6 Å². The molecule has 184 valence electrons. The summed E-state index contributed by atoms with van der Waals surface area (Å²) in [6.07, 6.45) is 3.08. The average molecular weight is 500 g/mol. The molecule has 0 aromatic heterocycles. The van der Waals surface area contributed by atoms with E-state index in [1.54, 1.807) is 31.2 Å². The lowest BCUT2D eigenvalue weighted by Gasteiger charge is -2.28. The number of rotatable bonds is 8. The monoisotopic (exact) mass is 499 g/mol. The van der Waals surface area contributed by atoms with Crippen molar-refractivity contribution < 1.29 is 26.4 Å². The van der Waals surface area contributed by atoms with Crippen molar-refractivity contribution in [3.63, 3.8) is 0 Å². The van der Waals surface area contributed by atoms with Gasteiger partial charge in [-0.1, -0.05) is 17.7 Å². The molecule has 1 unspecified atom stereocenters. The summed E-state index contributed by atoms with van der Waals surface area (Å²) in [6, 6.07) is 5.54. The van der Waals surface area contributed by atoms with Crippen molar-refractivity contribution in [2.75, 3.05) is 18.1 Å². The zero-order valence-corrected chi connectivity index (χ0v) is 20.7. The first kappa shape index (κ1) is 25.6. The van der Waals surface area contributed by atoms with Crippen molar-refractivity contribution in [3.8, 4) is 0 Å². The maximum absolute atomic E-state index is 12.6. The lowest BCUT2D eigenvalue weighted by atomic mass is 9.81. The molecule has 1 aromatic carbocycles. The molecule has 2 fully saturated rings. The number of hydrogen-bond acceptors (Lipinski definition) is 6. The second kappa shape index (κ2) is 10.5. The molecule has 0 bridgehead atoms. The predicted octanol–water partition coefficient (Wildman–Crippen LogP) is 0.888. The van der Waals surface area contributed by atoms with Crippen LogP contribution in [0.3, 0.4) is 0 Å². The Morgan fingerprint density at radius 3 is 2.27 bits per heavy atom. The average Bonchev–Trinajstić information content (AvgIpc) is 3.11. The van der Waals surface area contributed by atoms with Crippen molar-refractivity contribution in [2.45, 2.75) is 62.9 Å². The minimum absolute atomic E-state index is 0.0584. The minimum Gasteiger partial charge on any atom is -0.351 e. The molecule has 2 atom stereocenters. The number of sulfonamides is 1. The van der Waals surface area contributed by atoms with Gasteiger partial charge in [0.2, 0.25) is 21.8 Å². The maximum atomic E-state index is 12.6. The van der Waals surface area contributed by atoms with Gasteiger partial charge in [-0.2, -0.15) is 0 Å². The topological polar surface area (TPSA) is 139 Å². The highest BCUT2D eigenvalue weighted by molar-refractivity contribution is 7.91. The lowest BCUT2D eigenvalue weighted by molar-refractivity contribution is -0.131. The molecule has 1 aliphatic heterocycles. The molecule has 3 rings (SSSR count). The molecular formula is C22H33N3O6S2. The molecule has 9 nitrogen and oxygen atoms in total. The summed E-state index contributed by atoms with van der Waals surface area (Å²) in [7, 11) is -6.65. The largest absolute Gasteiger partial charge is 0.351 e. The van der Waals surface area contributed by atoms with E-state index in [0.29, 0.717) is 25.8 Å². The van der Waals surface area contributed by atoms with Crippen LogP contribution >= 0.6 is 0 Å². The lowest BCUT2D eigenvalue weighted by Crippen LogP contribution is -2.50. The molecule has 1 aromatic rings. The zero-order chi connectivity index (χ0) is 24.2. The fourth-order valence-corrected chi connectivity index (χ4v) is 7.08. The summed E-state index contributed by atoms with van der Waals surface area (Å²) in [5.41, 5.74) is 0.990. The molecule has 1 saturated carbocycles. The van der Waals surface area contributed by atoms with Crippen LogP contribution in [-0.4, -0.2) is 58.8 Å². The van der Waals surface area contributed by atoms with Crippen LogP contribution < -0.4 is 15.4 Å². The van der Waals surface area contributed by atoms with Crippen molar-refractivity contribution in [1.82, 2.24) is 15.4 Å².